The van der Waals surface area contributed by atoms with Crippen molar-refractivity contribution >= 4 is 55.8 Å². The van der Waals surface area contributed by atoms with E-state index in [1.54, 1.807) is 6.92 Å². The molecule has 0 spiro atoms. The number of benzene rings is 2. The highest BCUT2D eigenvalue weighted by atomic mass is 35.5. The minimum atomic E-state index is -4.10. The number of carbonyl (C=O) groups is 1. The molecule has 0 N–H and O–H groups in total. The van der Waals surface area contributed by atoms with Crippen molar-refractivity contribution in [3.63, 3.8) is 0 Å². The third-order valence-corrected chi connectivity index (χ3v) is 6.53. The highest BCUT2D eigenvalue weighted by Gasteiger charge is 2.31. The minimum absolute atomic E-state index is 0.0356. The van der Waals surface area contributed by atoms with Crippen LogP contribution in [0.1, 0.15) is 26.2 Å². The Morgan fingerprint density at radius 1 is 1.11 bits per heavy atom. The summed E-state index contributed by atoms with van der Waals surface area (Å²) in [4.78, 5) is 10.9. The molecule has 2 aromatic rings. The molecule has 0 aliphatic rings. The summed E-state index contributed by atoms with van der Waals surface area (Å²) >= 11 is 17.1. The number of sulfonamides is 1. The van der Waals surface area contributed by atoms with E-state index in [-0.39, 0.29) is 22.0 Å². The van der Waals surface area contributed by atoms with E-state index < -0.39 is 27.1 Å². The summed E-state index contributed by atoms with van der Waals surface area (Å²) in [6, 6.07) is 8.64. The molecule has 0 amide bonds. The van der Waals surface area contributed by atoms with Crippen molar-refractivity contribution in [3.8, 4) is 0 Å². The van der Waals surface area contributed by atoms with Crippen molar-refractivity contribution in [2.75, 3.05) is 4.31 Å². The van der Waals surface area contributed by atoms with Crippen molar-refractivity contribution < 1.29 is 17.6 Å². The molecule has 0 radical (unpaired) electrons. The Labute approximate surface area is 172 Å². The van der Waals surface area contributed by atoms with Gasteiger partial charge in [-0.2, -0.15) is 0 Å². The topological polar surface area (TPSA) is 54.5 Å². The van der Waals surface area contributed by atoms with Gasteiger partial charge in [0.05, 0.1) is 10.6 Å². The van der Waals surface area contributed by atoms with E-state index in [4.69, 9.17) is 34.8 Å². The Morgan fingerprint density at radius 3 is 2.30 bits per heavy atom. The maximum Gasteiger partial charge on any atom is 0.264 e. The zero-order chi connectivity index (χ0) is 20.2. The Morgan fingerprint density at radius 2 is 1.70 bits per heavy atom. The number of nitrogens with zero attached hydrogens (tertiary/aromatic N) is 1. The van der Waals surface area contributed by atoms with Crippen LogP contribution in [0.25, 0.3) is 0 Å². The average molecular weight is 453 g/mol. The van der Waals surface area contributed by atoms with Gasteiger partial charge >= 0.3 is 0 Å². The van der Waals surface area contributed by atoms with Gasteiger partial charge in [0.25, 0.3) is 10.0 Å². The molecule has 2 rings (SSSR count). The van der Waals surface area contributed by atoms with E-state index in [1.807, 2.05) is 0 Å². The number of carbonyl (C=O) groups excluding carboxylic acids is 1. The summed E-state index contributed by atoms with van der Waals surface area (Å²) in [7, 11) is -4.10. The van der Waals surface area contributed by atoms with E-state index >= 15 is 0 Å². The third-order valence-electron chi connectivity index (χ3n) is 3.91. The van der Waals surface area contributed by atoms with Crippen LogP contribution in [0, 0.1) is 5.82 Å². The molecule has 4 nitrogen and oxygen atoms in total. The van der Waals surface area contributed by atoms with Crippen molar-refractivity contribution in [2.24, 2.45) is 0 Å². The van der Waals surface area contributed by atoms with Crippen LogP contribution < -0.4 is 4.31 Å². The molecule has 0 saturated heterocycles. The van der Waals surface area contributed by atoms with E-state index in [0.717, 1.165) is 10.4 Å². The van der Waals surface area contributed by atoms with E-state index in [1.165, 1.54) is 36.4 Å². The van der Waals surface area contributed by atoms with E-state index in [9.17, 15) is 17.6 Å². The van der Waals surface area contributed by atoms with Crippen molar-refractivity contribution in [2.45, 2.75) is 37.1 Å². The predicted molar refractivity (Wildman–Crippen MR) is 107 cm³/mol. The van der Waals surface area contributed by atoms with Gasteiger partial charge in [-0.1, -0.05) is 23.2 Å². The smallest absolute Gasteiger partial charge is 0.264 e. The van der Waals surface area contributed by atoms with E-state index in [2.05, 4.69) is 0 Å². The SMILES string of the molecule is C[C@H](CCCC(=O)Cl)N(c1cc(Cl)ccc1F)S(=O)(=O)c1ccc(Cl)cc1. The third kappa shape index (κ3) is 5.57. The Bertz CT molecular complexity index is 920. The second-order valence-electron chi connectivity index (χ2n) is 5.95. The van der Waals surface area contributed by atoms with Gasteiger partial charge in [-0.05, 0) is 73.8 Å². The molecule has 2 aromatic carbocycles. The lowest BCUT2D eigenvalue weighted by Crippen LogP contribution is -2.39. The van der Waals surface area contributed by atoms with Crippen LogP contribution >= 0.6 is 34.8 Å². The molecule has 0 heterocycles. The molecule has 146 valence electrons. The average Bonchev–Trinajstić information content (AvgIpc) is 2.58. The lowest BCUT2D eigenvalue weighted by molar-refractivity contribution is -0.111. The Hall–Kier alpha value is -1.34. The van der Waals surface area contributed by atoms with Crippen LogP contribution in [0.3, 0.4) is 0 Å². The Kier molecular flexibility index (Phi) is 7.51. The number of rotatable bonds is 8. The van der Waals surface area contributed by atoms with Crippen molar-refractivity contribution in [1.82, 2.24) is 0 Å². The first-order valence-electron chi connectivity index (χ1n) is 8.06. The molecule has 0 aromatic heterocycles. The molecule has 0 saturated carbocycles. The second-order valence-corrected chi connectivity index (χ2v) is 9.06. The fourth-order valence-corrected chi connectivity index (χ4v) is 4.74. The lowest BCUT2D eigenvalue weighted by Gasteiger charge is -2.31. The molecule has 0 bridgehead atoms. The quantitative estimate of drug-likeness (QED) is 0.486. The molecule has 27 heavy (non-hydrogen) atoms. The lowest BCUT2D eigenvalue weighted by atomic mass is 10.1. The normalized spacial score (nSPS) is 12.6. The van der Waals surface area contributed by atoms with Gasteiger partial charge in [-0.3, -0.25) is 9.10 Å². The fourth-order valence-electron chi connectivity index (χ4n) is 2.63. The van der Waals surface area contributed by atoms with Crippen LogP contribution in [-0.4, -0.2) is 19.7 Å². The molecular weight excluding hydrogens is 436 g/mol. The molecular formula is C18H17Cl3FNO3S. The zero-order valence-corrected chi connectivity index (χ0v) is 17.4. The van der Waals surface area contributed by atoms with Gasteiger partial charge in [0, 0.05) is 22.5 Å². The number of halogens is 4. The summed E-state index contributed by atoms with van der Waals surface area (Å²) in [5.74, 6) is -0.725. The largest absolute Gasteiger partial charge is 0.281 e. The Balaban J connectivity index is 2.50. The number of hydrogen-bond donors (Lipinski definition) is 0. The predicted octanol–water partition coefficient (Wildman–Crippen LogP) is 5.65. The highest BCUT2D eigenvalue weighted by Crippen LogP contribution is 2.32. The molecule has 0 fully saturated rings. The number of hydrogen-bond acceptors (Lipinski definition) is 3. The standard InChI is InChI=1S/C18H17Cl3FNO3S/c1-12(3-2-4-18(21)24)23(17-11-14(20)7-10-16(17)22)27(25,26)15-8-5-13(19)6-9-15/h5-12H,2-4H2,1H3/t12-/m1/s1. The van der Waals surface area contributed by atoms with Crippen LogP contribution in [0.4, 0.5) is 10.1 Å². The van der Waals surface area contributed by atoms with Crippen molar-refractivity contribution in [3.05, 3.63) is 58.3 Å². The zero-order valence-electron chi connectivity index (χ0n) is 14.3. The van der Waals surface area contributed by atoms with Gasteiger partial charge in [0.1, 0.15) is 5.82 Å². The van der Waals surface area contributed by atoms with Crippen LogP contribution in [0.15, 0.2) is 47.4 Å². The second kappa shape index (κ2) is 9.24. The summed E-state index contributed by atoms with van der Waals surface area (Å²) < 4.78 is 41.9. The molecule has 0 unspecified atom stereocenters. The summed E-state index contributed by atoms with van der Waals surface area (Å²) in [6.45, 7) is 1.63. The fraction of sp³-hybridized carbons (Fsp3) is 0.278. The number of anilines is 1. The van der Waals surface area contributed by atoms with Gasteiger partial charge < -0.3 is 0 Å². The first-order valence-corrected chi connectivity index (χ1v) is 10.6. The van der Waals surface area contributed by atoms with Gasteiger partial charge in [0.15, 0.2) is 0 Å². The maximum absolute atomic E-state index is 14.5. The monoisotopic (exact) mass is 451 g/mol. The van der Waals surface area contributed by atoms with Gasteiger partial charge in [-0.25, -0.2) is 12.8 Å². The first kappa shape index (κ1) is 22.0. The van der Waals surface area contributed by atoms with Gasteiger partial charge in [0.2, 0.25) is 5.24 Å². The van der Waals surface area contributed by atoms with Crippen molar-refractivity contribution in [1.29, 1.82) is 0 Å². The summed E-state index contributed by atoms with van der Waals surface area (Å²) in [5, 5.41) is 0.0668. The molecule has 1 atom stereocenters. The van der Waals surface area contributed by atoms with Crippen LogP contribution in [0.2, 0.25) is 10.0 Å². The molecule has 9 heteroatoms. The van der Waals surface area contributed by atoms with Crippen LogP contribution in [0.5, 0.6) is 0 Å². The molecule has 0 aliphatic heterocycles. The van der Waals surface area contributed by atoms with Gasteiger partial charge in [-0.15, -0.1) is 0 Å². The van der Waals surface area contributed by atoms with E-state index in [0.29, 0.717) is 17.9 Å². The minimum Gasteiger partial charge on any atom is -0.281 e. The molecule has 0 aliphatic carbocycles. The summed E-state index contributed by atoms with van der Waals surface area (Å²) in [6.07, 6.45) is 0.758. The maximum atomic E-state index is 14.5. The summed E-state index contributed by atoms with van der Waals surface area (Å²) in [5.41, 5.74) is -0.165. The highest BCUT2D eigenvalue weighted by molar-refractivity contribution is 7.92. The van der Waals surface area contributed by atoms with Crippen LogP contribution in [-0.2, 0) is 14.8 Å². The first-order chi connectivity index (χ1) is 12.6.